The monoisotopic (exact) mass is 412 g/mol. The van der Waals surface area contributed by atoms with E-state index in [1.54, 1.807) is 42.1 Å². The van der Waals surface area contributed by atoms with Gasteiger partial charge in [-0.05, 0) is 60.2 Å². The van der Waals surface area contributed by atoms with Crippen LogP contribution >= 0.6 is 0 Å². The van der Waals surface area contributed by atoms with E-state index < -0.39 is 5.91 Å². The van der Waals surface area contributed by atoms with Crippen molar-refractivity contribution in [2.24, 2.45) is 5.10 Å². The molecule has 4 aromatic rings. The van der Waals surface area contributed by atoms with E-state index >= 15 is 0 Å². The molecule has 1 amide bonds. The standard InChI is InChI=1S/C24H20N4O3/c1-31-21-12-10-18(11-13-21)22-15-23(28(27-22)19-7-3-2-4-8-19)24(30)26-25-16-17-6-5-9-20(29)14-17/h2-16,29H,1H3,(H,26,30)/b25-16+. The quantitative estimate of drug-likeness (QED) is 0.370. The van der Waals surface area contributed by atoms with Gasteiger partial charge in [-0.3, -0.25) is 4.79 Å². The van der Waals surface area contributed by atoms with Gasteiger partial charge >= 0.3 is 0 Å². The third-order valence-electron chi connectivity index (χ3n) is 4.58. The number of hydrogen-bond acceptors (Lipinski definition) is 5. The summed E-state index contributed by atoms with van der Waals surface area (Å²) in [5, 5.41) is 18.2. The van der Waals surface area contributed by atoms with Crippen LogP contribution in [0.4, 0.5) is 0 Å². The van der Waals surface area contributed by atoms with Crippen LogP contribution < -0.4 is 10.2 Å². The molecular formula is C24H20N4O3. The first kappa shape index (κ1) is 19.9. The Kier molecular flexibility index (Phi) is 5.75. The number of para-hydroxylation sites is 1. The predicted molar refractivity (Wildman–Crippen MR) is 119 cm³/mol. The number of benzene rings is 3. The highest BCUT2D eigenvalue weighted by Crippen LogP contribution is 2.24. The summed E-state index contributed by atoms with van der Waals surface area (Å²) in [5.41, 5.74) is 5.78. The van der Waals surface area contributed by atoms with Crippen LogP contribution in [0, 0.1) is 0 Å². The van der Waals surface area contributed by atoms with Gasteiger partial charge in [0, 0.05) is 5.56 Å². The van der Waals surface area contributed by atoms with E-state index in [4.69, 9.17) is 4.74 Å². The summed E-state index contributed by atoms with van der Waals surface area (Å²) >= 11 is 0. The summed E-state index contributed by atoms with van der Waals surface area (Å²) in [7, 11) is 1.61. The lowest BCUT2D eigenvalue weighted by molar-refractivity contribution is 0.0947. The maximum absolute atomic E-state index is 12.9. The Morgan fingerprint density at radius 1 is 1.03 bits per heavy atom. The molecule has 0 saturated heterocycles. The molecule has 0 radical (unpaired) electrons. The van der Waals surface area contributed by atoms with Crippen LogP contribution in [0.5, 0.6) is 11.5 Å². The van der Waals surface area contributed by atoms with E-state index in [-0.39, 0.29) is 5.75 Å². The molecular weight excluding hydrogens is 392 g/mol. The normalized spacial score (nSPS) is 10.9. The minimum atomic E-state index is -0.410. The molecule has 7 nitrogen and oxygen atoms in total. The molecule has 0 saturated carbocycles. The Bertz CT molecular complexity index is 1220. The Hall–Kier alpha value is -4.39. The highest BCUT2D eigenvalue weighted by molar-refractivity contribution is 5.95. The molecule has 3 aromatic carbocycles. The average molecular weight is 412 g/mol. The number of carbonyl (C=O) groups excluding carboxylic acids is 1. The van der Waals surface area contributed by atoms with Gasteiger partial charge in [0.15, 0.2) is 0 Å². The molecule has 0 atom stereocenters. The van der Waals surface area contributed by atoms with E-state index in [0.29, 0.717) is 17.0 Å². The Labute approximate surface area is 179 Å². The fourth-order valence-electron chi connectivity index (χ4n) is 3.04. The van der Waals surface area contributed by atoms with Gasteiger partial charge in [-0.2, -0.15) is 10.2 Å². The van der Waals surface area contributed by atoms with Crippen molar-refractivity contribution >= 4 is 12.1 Å². The Morgan fingerprint density at radius 2 is 1.81 bits per heavy atom. The van der Waals surface area contributed by atoms with E-state index in [9.17, 15) is 9.90 Å². The molecule has 7 heteroatoms. The predicted octanol–water partition coefficient (Wildman–Crippen LogP) is 4.02. The van der Waals surface area contributed by atoms with Crippen LogP contribution in [0.25, 0.3) is 16.9 Å². The fourth-order valence-corrected chi connectivity index (χ4v) is 3.04. The molecule has 0 bridgehead atoms. The van der Waals surface area contributed by atoms with E-state index in [2.05, 4.69) is 15.6 Å². The highest BCUT2D eigenvalue weighted by Gasteiger charge is 2.17. The van der Waals surface area contributed by atoms with Gasteiger partial charge in [-0.15, -0.1) is 0 Å². The van der Waals surface area contributed by atoms with Crippen molar-refractivity contribution in [2.75, 3.05) is 7.11 Å². The molecule has 0 spiro atoms. The number of methoxy groups -OCH3 is 1. The van der Waals surface area contributed by atoms with Crippen molar-refractivity contribution in [1.29, 1.82) is 0 Å². The first-order valence-corrected chi connectivity index (χ1v) is 9.56. The summed E-state index contributed by atoms with van der Waals surface area (Å²) in [6.07, 6.45) is 1.46. The SMILES string of the molecule is COc1ccc(-c2cc(C(=O)N/N=C/c3cccc(O)c3)n(-c3ccccc3)n2)cc1. The van der Waals surface area contributed by atoms with Crippen LogP contribution in [0.1, 0.15) is 16.1 Å². The van der Waals surface area contributed by atoms with Crippen molar-refractivity contribution in [3.63, 3.8) is 0 Å². The number of amides is 1. The van der Waals surface area contributed by atoms with Gasteiger partial charge in [-0.1, -0.05) is 30.3 Å². The third kappa shape index (κ3) is 4.62. The van der Waals surface area contributed by atoms with Crippen molar-refractivity contribution in [3.8, 4) is 28.4 Å². The summed E-state index contributed by atoms with van der Waals surface area (Å²) in [6, 6.07) is 25.2. The molecule has 1 aromatic heterocycles. The zero-order valence-corrected chi connectivity index (χ0v) is 16.8. The molecule has 154 valence electrons. The number of ether oxygens (including phenoxy) is 1. The van der Waals surface area contributed by atoms with E-state index in [0.717, 1.165) is 17.0 Å². The van der Waals surface area contributed by atoms with Crippen LogP contribution in [-0.2, 0) is 0 Å². The van der Waals surface area contributed by atoms with Gasteiger partial charge in [0.2, 0.25) is 0 Å². The van der Waals surface area contributed by atoms with Crippen molar-refractivity contribution in [3.05, 3.63) is 96.2 Å². The molecule has 0 aliphatic rings. The van der Waals surface area contributed by atoms with Crippen molar-refractivity contribution in [1.82, 2.24) is 15.2 Å². The fraction of sp³-hybridized carbons (Fsp3) is 0.0417. The molecule has 1 heterocycles. The Morgan fingerprint density at radius 3 is 2.52 bits per heavy atom. The molecule has 31 heavy (non-hydrogen) atoms. The second kappa shape index (κ2) is 8.96. The summed E-state index contributed by atoms with van der Waals surface area (Å²) < 4.78 is 6.79. The average Bonchev–Trinajstić information content (AvgIpc) is 3.25. The van der Waals surface area contributed by atoms with E-state index in [1.165, 1.54) is 6.21 Å². The Balaban J connectivity index is 1.64. The number of aromatic nitrogens is 2. The molecule has 2 N–H and O–H groups in total. The van der Waals surface area contributed by atoms with Gasteiger partial charge in [0.05, 0.1) is 24.7 Å². The number of hydrazone groups is 1. The van der Waals surface area contributed by atoms with E-state index in [1.807, 2.05) is 54.6 Å². The summed E-state index contributed by atoms with van der Waals surface area (Å²) in [5.74, 6) is 0.458. The number of phenolic OH excluding ortho intramolecular Hbond substituents is 1. The van der Waals surface area contributed by atoms with Crippen LogP contribution in [0.15, 0.2) is 90.0 Å². The lowest BCUT2D eigenvalue weighted by Gasteiger charge is -2.06. The maximum Gasteiger partial charge on any atom is 0.290 e. The van der Waals surface area contributed by atoms with Gasteiger partial charge in [0.25, 0.3) is 5.91 Å². The first-order valence-electron chi connectivity index (χ1n) is 9.56. The van der Waals surface area contributed by atoms with Gasteiger partial charge in [0.1, 0.15) is 17.2 Å². The molecule has 0 aliphatic carbocycles. The summed E-state index contributed by atoms with van der Waals surface area (Å²) in [4.78, 5) is 12.9. The number of rotatable bonds is 6. The summed E-state index contributed by atoms with van der Waals surface area (Å²) in [6.45, 7) is 0. The maximum atomic E-state index is 12.9. The number of carbonyl (C=O) groups is 1. The number of phenols is 1. The lowest BCUT2D eigenvalue weighted by Crippen LogP contribution is -2.21. The number of nitrogens with zero attached hydrogens (tertiary/aromatic N) is 3. The van der Waals surface area contributed by atoms with Crippen molar-refractivity contribution < 1.29 is 14.6 Å². The highest BCUT2D eigenvalue weighted by atomic mass is 16.5. The minimum absolute atomic E-state index is 0.126. The topological polar surface area (TPSA) is 88.7 Å². The molecule has 0 unspecified atom stereocenters. The van der Waals surface area contributed by atoms with Crippen molar-refractivity contribution in [2.45, 2.75) is 0 Å². The smallest absolute Gasteiger partial charge is 0.290 e. The number of hydrogen-bond donors (Lipinski definition) is 2. The second-order valence-electron chi connectivity index (χ2n) is 6.68. The van der Waals surface area contributed by atoms with Crippen LogP contribution in [-0.4, -0.2) is 34.1 Å². The lowest BCUT2D eigenvalue weighted by atomic mass is 10.1. The molecule has 0 aliphatic heterocycles. The van der Waals surface area contributed by atoms with Gasteiger partial charge < -0.3 is 9.84 Å². The zero-order chi connectivity index (χ0) is 21.6. The van der Waals surface area contributed by atoms with Gasteiger partial charge in [-0.25, -0.2) is 10.1 Å². The number of nitrogens with one attached hydrogen (secondary N) is 1. The first-order chi connectivity index (χ1) is 15.1. The van der Waals surface area contributed by atoms with Crippen LogP contribution in [0.3, 0.4) is 0 Å². The minimum Gasteiger partial charge on any atom is -0.508 e. The largest absolute Gasteiger partial charge is 0.508 e. The number of aromatic hydroxyl groups is 1. The molecule has 0 fully saturated rings. The molecule has 4 rings (SSSR count). The second-order valence-corrected chi connectivity index (χ2v) is 6.68. The third-order valence-corrected chi connectivity index (χ3v) is 4.58. The zero-order valence-electron chi connectivity index (χ0n) is 16.8. The van der Waals surface area contributed by atoms with Crippen LogP contribution in [0.2, 0.25) is 0 Å².